The molecule has 10 heteroatoms. The molecule has 4 rings (SSSR count). The normalized spacial score (nSPS) is 11.0. The average Bonchev–Trinajstić information content (AvgIpc) is 3.28. The number of rotatable bonds is 10. The zero-order valence-corrected chi connectivity index (χ0v) is 21.8. The third-order valence-electron chi connectivity index (χ3n) is 6.04. The summed E-state index contributed by atoms with van der Waals surface area (Å²) in [7, 11) is 9.59. The van der Waals surface area contributed by atoms with E-state index in [0.717, 1.165) is 40.9 Å². The first-order chi connectivity index (χ1) is 17.8. The van der Waals surface area contributed by atoms with Crippen molar-refractivity contribution in [1.29, 1.82) is 0 Å². The van der Waals surface area contributed by atoms with Crippen molar-refractivity contribution in [2.75, 3.05) is 56.9 Å². The Bertz CT molecular complexity index is 1430. The number of benzene rings is 1. The fourth-order valence-corrected chi connectivity index (χ4v) is 3.98. The summed E-state index contributed by atoms with van der Waals surface area (Å²) >= 11 is 0. The molecule has 0 aliphatic rings. The molecule has 1 aromatic carbocycles. The number of pyridine rings is 1. The van der Waals surface area contributed by atoms with E-state index < -0.39 is 0 Å². The fraction of sp³-hybridized carbons (Fsp3) is 0.259. The van der Waals surface area contributed by atoms with E-state index in [2.05, 4.69) is 37.0 Å². The largest absolute Gasteiger partial charge is 0.494 e. The van der Waals surface area contributed by atoms with Crippen LogP contribution < -0.4 is 20.3 Å². The van der Waals surface area contributed by atoms with E-state index in [4.69, 9.17) is 9.72 Å². The highest BCUT2D eigenvalue weighted by molar-refractivity contribution is 6.02. The fourth-order valence-electron chi connectivity index (χ4n) is 3.98. The van der Waals surface area contributed by atoms with Crippen molar-refractivity contribution >= 4 is 39.8 Å². The minimum Gasteiger partial charge on any atom is -0.494 e. The van der Waals surface area contributed by atoms with Crippen molar-refractivity contribution in [3.63, 3.8) is 0 Å². The Hall–Kier alpha value is -4.44. The molecule has 3 aromatic heterocycles. The van der Waals surface area contributed by atoms with Crippen molar-refractivity contribution in [2.45, 2.75) is 0 Å². The zero-order valence-electron chi connectivity index (χ0n) is 21.8. The van der Waals surface area contributed by atoms with Crippen molar-refractivity contribution < 1.29 is 9.53 Å². The number of nitrogens with zero attached hydrogens (tertiary/aromatic N) is 6. The minimum absolute atomic E-state index is 0.305. The standard InChI is InChI=1S/C27H32N8O2/c1-7-26(36)30-21-14-22(25(37-6)15-23(21)35(5)13-12-33(2)3)32-27-29-10-8-20(31-27)19-16-28-17-24-18(19)9-11-34(24)4/h7-11,14-17H,1,12-13H2,2-6H3,(H,30,36)(H,29,31,32). The first-order valence-corrected chi connectivity index (χ1v) is 11.8. The molecule has 1 amide bonds. The predicted molar refractivity (Wildman–Crippen MR) is 149 cm³/mol. The van der Waals surface area contributed by atoms with Gasteiger partial charge >= 0.3 is 0 Å². The Balaban J connectivity index is 1.71. The summed E-state index contributed by atoms with van der Waals surface area (Å²) in [4.78, 5) is 29.9. The van der Waals surface area contributed by atoms with Crippen LogP contribution in [0.1, 0.15) is 0 Å². The topological polar surface area (TPSA) is 100 Å². The van der Waals surface area contributed by atoms with Gasteiger partial charge in [-0.3, -0.25) is 9.78 Å². The molecule has 0 saturated carbocycles. The first kappa shape index (κ1) is 25.6. The number of anilines is 4. The number of hydrogen-bond acceptors (Lipinski definition) is 8. The molecule has 0 unspecified atom stereocenters. The number of carbonyl (C=O) groups is 1. The van der Waals surface area contributed by atoms with Gasteiger partial charge in [0.2, 0.25) is 11.9 Å². The number of aromatic nitrogens is 4. The van der Waals surface area contributed by atoms with Gasteiger partial charge in [0.15, 0.2) is 0 Å². The van der Waals surface area contributed by atoms with Gasteiger partial charge in [-0.25, -0.2) is 9.97 Å². The lowest BCUT2D eigenvalue weighted by molar-refractivity contribution is -0.111. The lowest BCUT2D eigenvalue weighted by Crippen LogP contribution is -2.29. The van der Waals surface area contributed by atoms with Crippen LogP contribution in [-0.4, -0.2) is 71.7 Å². The average molecular weight is 501 g/mol. The second-order valence-electron chi connectivity index (χ2n) is 8.92. The molecule has 2 N–H and O–H groups in total. The predicted octanol–water partition coefficient (Wildman–Crippen LogP) is 3.90. The SMILES string of the molecule is C=CC(=O)Nc1cc(Nc2nccc(-c3cncc4c3ccn4C)n2)c(OC)cc1N(C)CCN(C)C. The molecule has 37 heavy (non-hydrogen) atoms. The number of ether oxygens (including phenoxy) is 1. The molecule has 3 heterocycles. The van der Waals surface area contributed by atoms with Crippen LogP contribution in [0, 0.1) is 0 Å². The van der Waals surface area contributed by atoms with Gasteiger partial charge in [-0.2, -0.15) is 0 Å². The molecule has 10 nitrogen and oxygen atoms in total. The van der Waals surface area contributed by atoms with Crippen LogP contribution in [0.15, 0.2) is 61.7 Å². The Morgan fingerprint density at radius 2 is 1.97 bits per heavy atom. The first-order valence-electron chi connectivity index (χ1n) is 11.8. The van der Waals surface area contributed by atoms with E-state index in [9.17, 15) is 4.79 Å². The second-order valence-corrected chi connectivity index (χ2v) is 8.92. The van der Waals surface area contributed by atoms with Crippen LogP contribution in [0.5, 0.6) is 5.75 Å². The van der Waals surface area contributed by atoms with Gasteiger partial charge in [-0.1, -0.05) is 6.58 Å². The monoisotopic (exact) mass is 500 g/mol. The van der Waals surface area contributed by atoms with Gasteiger partial charge in [0.1, 0.15) is 5.75 Å². The Kier molecular flexibility index (Phi) is 7.69. The maximum atomic E-state index is 12.2. The van der Waals surface area contributed by atoms with Gasteiger partial charge in [0.05, 0.1) is 41.6 Å². The molecular formula is C27H32N8O2. The highest BCUT2D eigenvalue weighted by Gasteiger charge is 2.17. The molecule has 0 fully saturated rings. The lowest BCUT2D eigenvalue weighted by atomic mass is 10.1. The molecule has 192 valence electrons. The van der Waals surface area contributed by atoms with Crippen LogP contribution in [0.4, 0.5) is 23.0 Å². The van der Waals surface area contributed by atoms with Gasteiger partial charge in [-0.15, -0.1) is 0 Å². The van der Waals surface area contributed by atoms with Crippen LogP contribution >= 0.6 is 0 Å². The molecule has 0 radical (unpaired) electrons. The summed E-state index contributed by atoms with van der Waals surface area (Å²) < 4.78 is 7.72. The molecule has 0 spiro atoms. The second kappa shape index (κ2) is 11.1. The van der Waals surface area contributed by atoms with Crippen molar-refractivity contribution in [3.8, 4) is 17.0 Å². The number of aryl methyl sites for hydroxylation is 1. The molecule has 0 atom stereocenters. The third-order valence-corrected chi connectivity index (χ3v) is 6.04. The molecule has 0 aliphatic heterocycles. The maximum absolute atomic E-state index is 12.2. The Labute approximate surface area is 216 Å². The van der Waals surface area contributed by atoms with E-state index in [-0.39, 0.29) is 5.91 Å². The van der Waals surface area contributed by atoms with Gasteiger partial charge in [-0.05, 0) is 38.4 Å². The van der Waals surface area contributed by atoms with E-state index in [1.165, 1.54) is 6.08 Å². The van der Waals surface area contributed by atoms with E-state index in [1.54, 1.807) is 19.5 Å². The number of methoxy groups -OCH3 is 1. The number of nitrogens with one attached hydrogen (secondary N) is 2. The number of carbonyl (C=O) groups excluding carboxylic acids is 1. The van der Waals surface area contributed by atoms with Crippen molar-refractivity contribution in [3.05, 3.63) is 61.7 Å². The van der Waals surface area contributed by atoms with Gasteiger partial charge in [0, 0.05) is 62.8 Å². The summed E-state index contributed by atoms with van der Waals surface area (Å²) in [6, 6.07) is 7.60. The minimum atomic E-state index is -0.305. The molecule has 0 bridgehead atoms. The lowest BCUT2D eigenvalue weighted by Gasteiger charge is -2.26. The number of fused-ring (bicyclic) bond motifs is 1. The van der Waals surface area contributed by atoms with E-state index >= 15 is 0 Å². The number of amides is 1. The van der Waals surface area contributed by atoms with Crippen LogP contribution in [0.25, 0.3) is 22.2 Å². The van der Waals surface area contributed by atoms with Crippen LogP contribution in [-0.2, 0) is 11.8 Å². The molecule has 0 aliphatic carbocycles. The van der Waals surface area contributed by atoms with Gasteiger partial charge < -0.3 is 29.7 Å². The van der Waals surface area contributed by atoms with Crippen molar-refractivity contribution in [2.24, 2.45) is 7.05 Å². The maximum Gasteiger partial charge on any atom is 0.247 e. The summed E-state index contributed by atoms with van der Waals surface area (Å²) in [5, 5.41) is 7.22. The Morgan fingerprint density at radius 1 is 1.16 bits per heavy atom. The highest BCUT2D eigenvalue weighted by atomic mass is 16.5. The summed E-state index contributed by atoms with van der Waals surface area (Å²) in [6.45, 7) is 5.18. The smallest absolute Gasteiger partial charge is 0.247 e. The van der Waals surface area contributed by atoms with Crippen LogP contribution in [0.3, 0.4) is 0 Å². The molecule has 4 aromatic rings. The van der Waals surface area contributed by atoms with Crippen LogP contribution in [0.2, 0.25) is 0 Å². The van der Waals surface area contributed by atoms with Crippen molar-refractivity contribution in [1.82, 2.24) is 24.4 Å². The number of likely N-dealkylation sites (N-methyl/N-ethyl adjacent to an activating group) is 2. The van der Waals surface area contributed by atoms with E-state index in [0.29, 0.717) is 23.1 Å². The van der Waals surface area contributed by atoms with Gasteiger partial charge in [0.25, 0.3) is 0 Å². The molecular weight excluding hydrogens is 468 g/mol. The summed E-state index contributed by atoms with van der Waals surface area (Å²) in [5.74, 6) is 0.669. The highest BCUT2D eigenvalue weighted by Crippen LogP contribution is 2.38. The van der Waals surface area contributed by atoms with E-state index in [1.807, 2.05) is 69.4 Å². The zero-order chi connectivity index (χ0) is 26.5. The Morgan fingerprint density at radius 3 is 2.70 bits per heavy atom. The quantitative estimate of drug-likeness (QED) is 0.316. The number of hydrogen-bond donors (Lipinski definition) is 2. The third kappa shape index (κ3) is 5.70. The molecule has 0 saturated heterocycles. The summed E-state index contributed by atoms with van der Waals surface area (Å²) in [6.07, 6.45) is 8.57. The summed E-state index contributed by atoms with van der Waals surface area (Å²) in [5.41, 5.74) is 4.71.